The summed E-state index contributed by atoms with van der Waals surface area (Å²) < 4.78 is 5.28. The van der Waals surface area contributed by atoms with E-state index in [4.69, 9.17) is 9.73 Å². The molecular weight excluding hydrogens is 318 g/mol. The first kappa shape index (κ1) is 19.3. The summed E-state index contributed by atoms with van der Waals surface area (Å²) in [6, 6.07) is 4.80. The number of hydrogen-bond acceptors (Lipinski definition) is 3. The van der Waals surface area contributed by atoms with E-state index >= 15 is 0 Å². The zero-order chi connectivity index (χ0) is 17.4. The Morgan fingerprint density at radius 3 is 2.75 bits per heavy atom. The monoisotopic (exact) mass is 351 g/mol. The van der Waals surface area contributed by atoms with E-state index in [1.165, 1.54) is 29.0 Å². The second-order valence-electron chi connectivity index (χ2n) is 7.05. The summed E-state index contributed by atoms with van der Waals surface area (Å²) >= 11 is 1.88. The number of nitrogens with zero attached hydrogens (tertiary/aromatic N) is 1. The molecule has 0 aliphatic heterocycles. The molecule has 1 unspecified atom stereocenters. The van der Waals surface area contributed by atoms with Gasteiger partial charge in [0.2, 0.25) is 0 Å². The van der Waals surface area contributed by atoms with Gasteiger partial charge in [-0.15, -0.1) is 11.3 Å². The normalized spacial score (nSPS) is 18.1. The molecular formula is C19H33N3OS. The van der Waals surface area contributed by atoms with E-state index in [9.17, 15) is 0 Å². The van der Waals surface area contributed by atoms with Gasteiger partial charge in [0.25, 0.3) is 0 Å². The lowest BCUT2D eigenvalue weighted by molar-refractivity contribution is 0.0778. The molecule has 5 heteroatoms. The lowest BCUT2D eigenvalue weighted by Crippen LogP contribution is -2.44. The molecule has 24 heavy (non-hydrogen) atoms. The quantitative estimate of drug-likeness (QED) is 0.526. The third kappa shape index (κ3) is 5.78. The van der Waals surface area contributed by atoms with Gasteiger partial charge in [0.15, 0.2) is 5.96 Å². The zero-order valence-corrected chi connectivity index (χ0v) is 16.5. The number of aliphatic imine (C=N–C) groups is 1. The van der Waals surface area contributed by atoms with Crippen LogP contribution in [0.1, 0.15) is 49.3 Å². The Hall–Kier alpha value is -1.07. The molecule has 1 saturated carbocycles. The molecule has 2 N–H and O–H groups in total. The number of nitrogens with one attached hydrogen (secondary N) is 2. The molecule has 0 bridgehead atoms. The smallest absolute Gasteiger partial charge is 0.191 e. The molecule has 0 spiro atoms. The van der Waals surface area contributed by atoms with Crippen molar-refractivity contribution in [1.82, 2.24) is 10.6 Å². The predicted octanol–water partition coefficient (Wildman–Crippen LogP) is 3.75. The van der Waals surface area contributed by atoms with E-state index in [1.54, 1.807) is 7.11 Å². The maximum atomic E-state index is 5.28. The minimum atomic E-state index is 0.368. The third-order valence-corrected chi connectivity index (χ3v) is 5.88. The fourth-order valence-electron chi connectivity index (χ4n) is 3.23. The Balaban J connectivity index is 1.89. The van der Waals surface area contributed by atoms with Crippen molar-refractivity contribution in [3.63, 3.8) is 0 Å². The topological polar surface area (TPSA) is 45.7 Å². The summed E-state index contributed by atoms with van der Waals surface area (Å²) in [7, 11) is 1.79. The van der Waals surface area contributed by atoms with Crippen LogP contribution in [0.15, 0.2) is 17.1 Å². The predicted molar refractivity (Wildman–Crippen MR) is 104 cm³/mol. The Labute approximate surface area is 151 Å². The Morgan fingerprint density at radius 1 is 1.42 bits per heavy atom. The summed E-state index contributed by atoms with van der Waals surface area (Å²) in [5.41, 5.74) is 0.368. The number of thiophene rings is 1. The van der Waals surface area contributed by atoms with E-state index in [0.29, 0.717) is 11.5 Å². The number of ether oxygens (including phenoxy) is 1. The van der Waals surface area contributed by atoms with Gasteiger partial charge in [-0.3, -0.25) is 4.99 Å². The average molecular weight is 352 g/mol. The van der Waals surface area contributed by atoms with E-state index in [2.05, 4.69) is 43.5 Å². The highest BCUT2D eigenvalue weighted by atomic mass is 32.1. The maximum absolute atomic E-state index is 5.28. The molecule has 0 saturated heterocycles. The van der Waals surface area contributed by atoms with Gasteiger partial charge < -0.3 is 15.4 Å². The summed E-state index contributed by atoms with van der Waals surface area (Å²) in [6.07, 6.45) is 6.05. The second kappa shape index (κ2) is 9.42. The summed E-state index contributed by atoms with van der Waals surface area (Å²) in [4.78, 5) is 7.70. The van der Waals surface area contributed by atoms with Gasteiger partial charge in [0.1, 0.15) is 0 Å². The standard InChI is InChI=1S/C19H33N3OS/c1-5-20-18(21-14-19(9-6-10-19)11-12-23-4)22-15(2)13-17-8-7-16(3)24-17/h7-8,15H,5-6,9-14H2,1-4H3,(H2,20,21,22). The highest BCUT2D eigenvalue weighted by Gasteiger charge is 2.36. The fraction of sp³-hybridized carbons (Fsp3) is 0.737. The van der Waals surface area contributed by atoms with Crippen LogP contribution in [-0.4, -0.2) is 38.8 Å². The van der Waals surface area contributed by atoms with Crippen molar-refractivity contribution in [2.45, 2.75) is 58.9 Å². The van der Waals surface area contributed by atoms with Crippen LogP contribution in [-0.2, 0) is 11.2 Å². The van der Waals surface area contributed by atoms with Crippen LogP contribution < -0.4 is 10.6 Å². The number of guanidine groups is 1. The minimum Gasteiger partial charge on any atom is -0.385 e. The van der Waals surface area contributed by atoms with Crippen molar-refractivity contribution in [2.75, 3.05) is 26.8 Å². The number of rotatable bonds is 9. The Kier molecular flexibility index (Phi) is 7.56. The van der Waals surface area contributed by atoms with Crippen molar-refractivity contribution in [1.29, 1.82) is 0 Å². The first-order valence-electron chi connectivity index (χ1n) is 9.16. The van der Waals surface area contributed by atoms with E-state index in [0.717, 1.165) is 38.5 Å². The van der Waals surface area contributed by atoms with Crippen LogP contribution in [0.4, 0.5) is 0 Å². The van der Waals surface area contributed by atoms with Gasteiger partial charge in [-0.25, -0.2) is 0 Å². The van der Waals surface area contributed by atoms with Gasteiger partial charge in [-0.05, 0) is 57.6 Å². The molecule has 0 aromatic carbocycles. The molecule has 1 aliphatic carbocycles. The van der Waals surface area contributed by atoms with Crippen LogP contribution in [0, 0.1) is 12.3 Å². The number of aryl methyl sites for hydroxylation is 1. The molecule has 1 aromatic heterocycles. The molecule has 0 radical (unpaired) electrons. The fourth-order valence-corrected chi connectivity index (χ4v) is 4.25. The molecule has 2 rings (SSSR count). The summed E-state index contributed by atoms with van der Waals surface area (Å²) in [5.74, 6) is 0.946. The van der Waals surface area contributed by atoms with E-state index in [1.807, 2.05) is 11.3 Å². The van der Waals surface area contributed by atoms with Crippen LogP contribution in [0.3, 0.4) is 0 Å². The van der Waals surface area contributed by atoms with E-state index in [-0.39, 0.29) is 0 Å². The van der Waals surface area contributed by atoms with Crippen molar-refractivity contribution >= 4 is 17.3 Å². The molecule has 136 valence electrons. The van der Waals surface area contributed by atoms with Crippen LogP contribution in [0.25, 0.3) is 0 Å². The van der Waals surface area contributed by atoms with Gasteiger partial charge in [-0.1, -0.05) is 6.42 Å². The summed E-state index contributed by atoms with van der Waals surface area (Å²) in [5, 5.41) is 6.96. The Bertz CT molecular complexity index is 522. The van der Waals surface area contributed by atoms with Gasteiger partial charge in [0.05, 0.1) is 0 Å². The lowest BCUT2D eigenvalue weighted by Gasteiger charge is -2.41. The van der Waals surface area contributed by atoms with Crippen LogP contribution >= 0.6 is 11.3 Å². The van der Waals surface area contributed by atoms with Crippen molar-refractivity contribution in [2.24, 2.45) is 10.4 Å². The second-order valence-corrected chi connectivity index (χ2v) is 8.43. The first-order chi connectivity index (χ1) is 11.6. The molecule has 1 aromatic rings. The maximum Gasteiger partial charge on any atom is 0.191 e. The van der Waals surface area contributed by atoms with Gasteiger partial charge in [0, 0.05) is 49.0 Å². The molecule has 1 atom stereocenters. The Morgan fingerprint density at radius 2 is 2.21 bits per heavy atom. The molecule has 1 fully saturated rings. The number of methoxy groups -OCH3 is 1. The van der Waals surface area contributed by atoms with Crippen molar-refractivity contribution in [3.05, 3.63) is 21.9 Å². The van der Waals surface area contributed by atoms with Gasteiger partial charge >= 0.3 is 0 Å². The SMILES string of the molecule is CCNC(=NCC1(CCOC)CCC1)NC(C)Cc1ccc(C)s1. The molecule has 4 nitrogen and oxygen atoms in total. The van der Waals surface area contributed by atoms with Crippen LogP contribution in [0.5, 0.6) is 0 Å². The largest absolute Gasteiger partial charge is 0.385 e. The average Bonchev–Trinajstić information content (AvgIpc) is 2.91. The molecule has 1 aliphatic rings. The third-order valence-electron chi connectivity index (χ3n) is 4.85. The number of hydrogen-bond donors (Lipinski definition) is 2. The van der Waals surface area contributed by atoms with Crippen molar-refractivity contribution in [3.8, 4) is 0 Å². The highest BCUT2D eigenvalue weighted by Crippen LogP contribution is 2.44. The highest BCUT2D eigenvalue weighted by molar-refractivity contribution is 7.11. The van der Waals surface area contributed by atoms with Crippen molar-refractivity contribution < 1.29 is 4.74 Å². The first-order valence-corrected chi connectivity index (χ1v) is 9.97. The van der Waals surface area contributed by atoms with Gasteiger partial charge in [-0.2, -0.15) is 0 Å². The zero-order valence-electron chi connectivity index (χ0n) is 15.7. The molecule has 1 heterocycles. The minimum absolute atomic E-state index is 0.368. The van der Waals surface area contributed by atoms with Crippen LogP contribution in [0.2, 0.25) is 0 Å². The van der Waals surface area contributed by atoms with E-state index < -0.39 is 0 Å². The summed E-state index contributed by atoms with van der Waals surface area (Å²) in [6.45, 7) is 9.14. The lowest BCUT2D eigenvalue weighted by atomic mass is 9.67. The molecule has 0 amide bonds.